The molecular formula is C11H14BrN5S. The van der Waals surface area contributed by atoms with Gasteiger partial charge in [0, 0.05) is 17.6 Å². The fourth-order valence-corrected chi connectivity index (χ4v) is 3.01. The molecule has 0 saturated heterocycles. The zero-order chi connectivity index (χ0) is 13.1. The number of thioether (sulfide) groups is 1. The zero-order valence-corrected chi connectivity index (χ0v) is 12.5. The van der Waals surface area contributed by atoms with Gasteiger partial charge in [-0.1, -0.05) is 39.8 Å². The normalized spacial score (nSPS) is 14.4. The molecule has 0 aliphatic carbocycles. The molecule has 5 nitrogen and oxygen atoms in total. The van der Waals surface area contributed by atoms with Crippen LogP contribution in [0.15, 0.2) is 33.9 Å². The fraction of sp³-hybridized carbons (Fsp3) is 0.364. The molecule has 0 aliphatic heterocycles. The van der Waals surface area contributed by atoms with E-state index in [1.807, 2.05) is 26.1 Å². The summed E-state index contributed by atoms with van der Waals surface area (Å²) in [6.45, 7) is 1.99. The summed E-state index contributed by atoms with van der Waals surface area (Å²) in [7, 11) is 1.82. The van der Waals surface area contributed by atoms with Gasteiger partial charge in [-0.05, 0) is 35.0 Å². The summed E-state index contributed by atoms with van der Waals surface area (Å²) in [6, 6.07) is 8.14. The molecule has 1 aromatic heterocycles. The van der Waals surface area contributed by atoms with Gasteiger partial charge in [0.15, 0.2) is 0 Å². The lowest BCUT2D eigenvalue weighted by atomic mass is 10.1. The van der Waals surface area contributed by atoms with Gasteiger partial charge in [-0.3, -0.25) is 0 Å². The molecule has 1 heterocycles. The number of hydrogen-bond acceptors (Lipinski definition) is 5. The van der Waals surface area contributed by atoms with Gasteiger partial charge in [0.05, 0.1) is 5.25 Å². The second-order valence-electron chi connectivity index (χ2n) is 4.04. The largest absolute Gasteiger partial charge is 0.327 e. The molecule has 0 radical (unpaired) electrons. The van der Waals surface area contributed by atoms with Crippen LogP contribution in [0.2, 0.25) is 0 Å². The molecule has 0 fully saturated rings. The van der Waals surface area contributed by atoms with Gasteiger partial charge in [0.25, 0.3) is 0 Å². The molecule has 0 amide bonds. The summed E-state index contributed by atoms with van der Waals surface area (Å²) in [5, 5.41) is 12.3. The molecule has 0 spiro atoms. The topological polar surface area (TPSA) is 69.6 Å². The Bertz CT molecular complexity index is 528. The van der Waals surface area contributed by atoms with E-state index in [1.165, 1.54) is 0 Å². The highest BCUT2D eigenvalue weighted by molar-refractivity contribution is 9.10. The van der Waals surface area contributed by atoms with Crippen molar-refractivity contribution < 1.29 is 0 Å². The van der Waals surface area contributed by atoms with E-state index < -0.39 is 0 Å². The van der Waals surface area contributed by atoms with Crippen molar-refractivity contribution in [2.24, 2.45) is 12.8 Å². The fourth-order valence-electron chi connectivity index (χ4n) is 1.60. The quantitative estimate of drug-likeness (QED) is 0.871. The summed E-state index contributed by atoms with van der Waals surface area (Å²) < 4.78 is 2.69. The molecule has 0 saturated carbocycles. The number of aromatic nitrogens is 4. The van der Waals surface area contributed by atoms with E-state index in [4.69, 9.17) is 5.73 Å². The van der Waals surface area contributed by atoms with E-state index in [2.05, 4.69) is 43.6 Å². The van der Waals surface area contributed by atoms with Crippen molar-refractivity contribution in [2.75, 3.05) is 0 Å². The van der Waals surface area contributed by atoms with E-state index in [0.717, 1.165) is 15.2 Å². The van der Waals surface area contributed by atoms with Gasteiger partial charge in [-0.2, -0.15) is 0 Å². The van der Waals surface area contributed by atoms with Crippen LogP contribution >= 0.6 is 27.7 Å². The summed E-state index contributed by atoms with van der Waals surface area (Å²) in [5.41, 5.74) is 7.23. The predicted octanol–water partition coefficient (Wildman–Crippen LogP) is 2.15. The third-order valence-electron chi connectivity index (χ3n) is 2.47. The molecule has 2 atom stereocenters. The number of hydrogen-bond donors (Lipinski definition) is 1. The summed E-state index contributed by atoms with van der Waals surface area (Å²) in [4.78, 5) is 0. The summed E-state index contributed by atoms with van der Waals surface area (Å²) in [6.07, 6.45) is 0. The van der Waals surface area contributed by atoms with Crippen molar-refractivity contribution in [3.8, 4) is 0 Å². The Labute approximate surface area is 118 Å². The number of benzene rings is 1. The van der Waals surface area contributed by atoms with Crippen LogP contribution in [0.4, 0.5) is 0 Å². The molecule has 0 aliphatic rings. The van der Waals surface area contributed by atoms with Crippen LogP contribution in [-0.2, 0) is 7.05 Å². The average Bonchev–Trinajstić information content (AvgIpc) is 2.71. The molecule has 2 rings (SSSR count). The first-order chi connectivity index (χ1) is 8.58. The molecule has 2 aromatic rings. The molecule has 7 heteroatoms. The Morgan fingerprint density at radius 3 is 2.78 bits per heavy atom. The van der Waals surface area contributed by atoms with Gasteiger partial charge >= 0.3 is 0 Å². The third-order valence-corrected chi connectivity index (χ3v) is 4.47. The van der Waals surface area contributed by atoms with E-state index in [1.54, 1.807) is 16.4 Å². The Balaban J connectivity index is 2.27. The first-order valence-electron chi connectivity index (χ1n) is 5.48. The smallest absolute Gasteiger partial charge is 0.209 e. The lowest BCUT2D eigenvalue weighted by Gasteiger charge is -2.19. The number of rotatable bonds is 4. The third kappa shape index (κ3) is 3.09. The SMILES string of the molecule is CC(N)C(Sc1nnnn1C)c1cccc(Br)c1. The summed E-state index contributed by atoms with van der Waals surface area (Å²) in [5.74, 6) is 0. The number of aryl methyl sites for hydroxylation is 1. The van der Waals surface area contributed by atoms with Gasteiger partial charge < -0.3 is 5.73 Å². The van der Waals surface area contributed by atoms with Crippen LogP contribution in [-0.4, -0.2) is 26.2 Å². The molecule has 0 bridgehead atoms. The Morgan fingerprint density at radius 2 is 2.22 bits per heavy atom. The van der Waals surface area contributed by atoms with Crippen molar-refractivity contribution in [3.05, 3.63) is 34.3 Å². The van der Waals surface area contributed by atoms with Crippen molar-refractivity contribution in [1.29, 1.82) is 0 Å². The zero-order valence-electron chi connectivity index (χ0n) is 10.1. The lowest BCUT2D eigenvalue weighted by molar-refractivity contribution is 0.657. The van der Waals surface area contributed by atoms with Gasteiger partial charge in [0.2, 0.25) is 5.16 Å². The minimum absolute atomic E-state index is 0.000926. The average molecular weight is 328 g/mol. The molecular weight excluding hydrogens is 314 g/mol. The number of tetrazole rings is 1. The molecule has 96 valence electrons. The molecule has 1 aromatic carbocycles. The maximum Gasteiger partial charge on any atom is 0.209 e. The monoisotopic (exact) mass is 327 g/mol. The number of halogens is 1. The minimum atomic E-state index is 0.000926. The van der Waals surface area contributed by atoms with E-state index in [0.29, 0.717) is 0 Å². The van der Waals surface area contributed by atoms with Crippen LogP contribution in [0, 0.1) is 0 Å². The molecule has 18 heavy (non-hydrogen) atoms. The van der Waals surface area contributed by atoms with Crippen molar-refractivity contribution in [2.45, 2.75) is 23.4 Å². The highest BCUT2D eigenvalue weighted by Gasteiger charge is 2.20. The molecule has 2 N–H and O–H groups in total. The van der Waals surface area contributed by atoms with Crippen molar-refractivity contribution >= 4 is 27.7 Å². The minimum Gasteiger partial charge on any atom is -0.327 e. The Kier molecular flexibility index (Phi) is 4.36. The van der Waals surface area contributed by atoms with Crippen LogP contribution < -0.4 is 5.73 Å². The standard InChI is InChI=1S/C11H14BrN5S/c1-7(13)10(8-4-3-5-9(12)6-8)18-11-14-15-16-17(11)2/h3-7,10H,13H2,1-2H3. The van der Waals surface area contributed by atoms with Crippen LogP contribution in [0.3, 0.4) is 0 Å². The maximum absolute atomic E-state index is 6.07. The molecule has 2 unspecified atom stereocenters. The number of nitrogens with zero attached hydrogens (tertiary/aromatic N) is 4. The Morgan fingerprint density at radius 1 is 1.44 bits per heavy atom. The predicted molar refractivity (Wildman–Crippen MR) is 75.2 cm³/mol. The van der Waals surface area contributed by atoms with E-state index in [-0.39, 0.29) is 11.3 Å². The van der Waals surface area contributed by atoms with E-state index in [9.17, 15) is 0 Å². The first kappa shape index (κ1) is 13.5. The second-order valence-corrected chi connectivity index (χ2v) is 6.06. The second kappa shape index (κ2) is 5.81. The maximum atomic E-state index is 6.07. The Hall–Kier alpha value is -0.920. The van der Waals surface area contributed by atoms with Crippen LogP contribution in [0.1, 0.15) is 17.7 Å². The van der Waals surface area contributed by atoms with Crippen molar-refractivity contribution in [3.63, 3.8) is 0 Å². The van der Waals surface area contributed by atoms with Gasteiger partial charge in [-0.15, -0.1) is 5.10 Å². The van der Waals surface area contributed by atoms with Crippen LogP contribution in [0.25, 0.3) is 0 Å². The summed E-state index contributed by atoms with van der Waals surface area (Å²) >= 11 is 5.05. The first-order valence-corrected chi connectivity index (χ1v) is 7.15. The highest BCUT2D eigenvalue weighted by Crippen LogP contribution is 2.36. The van der Waals surface area contributed by atoms with Crippen molar-refractivity contribution in [1.82, 2.24) is 20.2 Å². The number of nitrogens with two attached hydrogens (primary N) is 1. The van der Waals surface area contributed by atoms with E-state index >= 15 is 0 Å². The highest BCUT2D eigenvalue weighted by atomic mass is 79.9. The van der Waals surface area contributed by atoms with Crippen LogP contribution in [0.5, 0.6) is 0 Å². The van der Waals surface area contributed by atoms with Gasteiger partial charge in [-0.25, -0.2) is 4.68 Å². The lowest BCUT2D eigenvalue weighted by Crippen LogP contribution is -2.23. The van der Waals surface area contributed by atoms with Gasteiger partial charge in [0.1, 0.15) is 0 Å².